The lowest BCUT2D eigenvalue weighted by atomic mass is 10.1. The zero-order chi connectivity index (χ0) is 28.7. The van der Waals surface area contributed by atoms with Crippen LogP contribution >= 0.6 is 23.2 Å². The third kappa shape index (κ3) is 8.21. The highest BCUT2D eigenvalue weighted by atomic mass is 35.5. The van der Waals surface area contributed by atoms with Crippen molar-refractivity contribution in [1.29, 1.82) is 0 Å². The van der Waals surface area contributed by atoms with Crippen molar-refractivity contribution in [2.75, 3.05) is 17.4 Å². The molecular weight excluding hydrogens is 557 g/mol. The van der Waals surface area contributed by atoms with Crippen molar-refractivity contribution in [3.8, 4) is 0 Å². The molecular formula is C29H33Cl2N3O4S. The fourth-order valence-corrected chi connectivity index (χ4v) is 5.66. The second kappa shape index (κ2) is 13.3. The molecule has 3 rings (SSSR count). The van der Waals surface area contributed by atoms with E-state index < -0.39 is 28.5 Å². The number of nitrogens with zero attached hydrogens (tertiary/aromatic N) is 2. The number of sulfonamides is 1. The van der Waals surface area contributed by atoms with Crippen LogP contribution in [0.15, 0.2) is 77.7 Å². The third-order valence-corrected chi connectivity index (χ3v) is 8.34. The summed E-state index contributed by atoms with van der Waals surface area (Å²) in [7, 11) is -4.16. The normalized spacial score (nSPS) is 12.2. The highest BCUT2D eigenvalue weighted by Gasteiger charge is 2.32. The summed E-state index contributed by atoms with van der Waals surface area (Å²) in [5.41, 5.74) is 1.87. The Morgan fingerprint density at radius 3 is 2.18 bits per heavy atom. The Morgan fingerprint density at radius 2 is 1.56 bits per heavy atom. The zero-order valence-corrected chi connectivity index (χ0v) is 24.7. The van der Waals surface area contributed by atoms with Crippen molar-refractivity contribution in [1.82, 2.24) is 10.2 Å². The standard InChI is InChI=1S/C29H33Cl2N3O4S/c1-20(2)17-32-29(36)22(4)33(18-23-8-6-9-25(31)16-23)28(35)19-34(26-10-5-7-21(3)15-26)39(37,38)27-13-11-24(30)12-14-27/h5-16,20,22H,17-19H2,1-4H3,(H,32,36)/t22-/m1/s1. The number of anilines is 1. The van der Waals surface area contributed by atoms with E-state index in [4.69, 9.17) is 23.2 Å². The molecule has 0 heterocycles. The highest BCUT2D eigenvalue weighted by Crippen LogP contribution is 2.26. The van der Waals surface area contributed by atoms with Gasteiger partial charge in [-0.1, -0.05) is 61.3 Å². The van der Waals surface area contributed by atoms with Gasteiger partial charge in [0.25, 0.3) is 10.0 Å². The topological polar surface area (TPSA) is 86.8 Å². The van der Waals surface area contributed by atoms with Crippen molar-refractivity contribution in [3.05, 3.63) is 94.0 Å². The molecule has 2 amide bonds. The highest BCUT2D eigenvalue weighted by molar-refractivity contribution is 7.92. The quantitative estimate of drug-likeness (QED) is 0.311. The van der Waals surface area contributed by atoms with E-state index in [1.54, 1.807) is 49.4 Å². The number of aryl methyl sites for hydroxylation is 1. The van der Waals surface area contributed by atoms with E-state index in [1.165, 1.54) is 29.2 Å². The largest absolute Gasteiger partial charge is 0.354 e. The van der Waals surface area contributed by atoms with E-state index in [2.05, 4.69) is 5.32 Å². The van der Waals surface area contributed by atoms with Gasteiger partial charge in [0.05, 0.1) is 10.6 Å². The van der Waals surface area contributed by atoms with Gasteiger partial charge in [-0.2, -0.15) is 0 Å². The van der Waals surface area contributed by atoms with Gasteiger partial charge in [0.15, 0.2) is 0 Å². The number of benzene rings is 3. The minimum absolute atomic E-state index is 0.00896. The maximum absolute atomic E-state index is 13.9. The molecule has 3 aromatic carbocycles. The first-order valence-electron chi connectivity index (χ1n) is 12.5. The van der Waals surface area contributed by atoms with Crippen LogP contribution in [-0.2, 0) is 26.2 Å². The molecule has 0 aromatic heterocycles. The van der Waals surface area contributed by atoms with Gasteiger partial charge in [-0.3, -0.25) is 13.9 Å². The van der Waals surface area contributed by atoms with Crippen LogP contribution < -0.4 is 9.62 Å². The molecule has 0 aliphatic carbocycles. The van der Waals surface area contributed by atoms with Crippen LogP contribution in [0.4, 0.5) is 5.69 Å². The molecule has 0 aliphatic rings. The molecule has 10 heteroatoms. The molecule has 0 fully saturated rings. The molecule has 0 radical (unpaired) electrons. The van der Waals surface area contributed by atoms with Crippen molar-refractivity contribution >= 4 is 50.7 Å². The lowest BCUT2D eigenvalue weighted by Gasteiger charge is -2.32. The van der Waals surface area contributed by atoms with Crippen LogP contribution in [-0.4, -0.2) is 44.3 Å². The SMILES string of the molecule is Cc1cccc(N(CC(=O)N(Cc2cccc(Cl)c2)[C@H](C)C(=O)NCC(C)C)S(=O)(=O)c2ccc(Cl)cc2)c1. The first kappa shape index (κ1) is 30.5. The minimum Gasteiger partial charge on any atom is -0.354 e. The fourth-order valence-electron chi connectivity index (χ4n) is 3.91. The molecule has 3 aromatic rings. The van der Waals surface area contributed by atoms with Gasteiger partial charge in [0, 0.05) is 23.1 Å². The number of carbonyl (C=O) groups is 2. The Kier molecular flexibility index (Phi) is 10.4. The van der Waals surface area contributed by atoms with Gasteiger partial charge >= 0.3 is 0 Å². The maximum atomic E-state index is 13.9. The summed E-state index contributed by atoms with van der Waals surface area (Å²) in [5, 5.41) is 3.74. The van der Waals surface area contributed by atoms with Crippen LogP contribution in [0.1, 0.15) is 31.9 Å². The van der Waals surface area contributed by atoms with E-state index in [0.717, 1.165) is 9.87 Å². The Morgan fingerprint density at radius 1 is 0.897 bits per heavy atom. The first-order valence-corrected chi connectivity index (χ1v) is 14.7. The number of nitrogens with one attached hydrogen (secondary N) is 1. The van der Waals surface area contributed by atoms with Gasteiger partial charge in [-0.05, 0) is 79.4 Å². The van der Waals surface area contributed by atoms with Gasteiger partial charge in [0.2, 0.25) is 11.8 Å². The summed E-state index contributed by atoms with van der Waals surface area (Å²) in [6, 6.07) is 18.8. The molecule has 0 unspecified atom stereocenters. The maximum Gasteiger partial charge on any atom is 0.264 e. The number of amides is 2. The van der Waals surface area contributed by atoms with Crippen molar-refractivity contribution in [2.24, 2.45) is 5.92 Å². The smallest absolute Gasteiger partial charge is 0.264 e. The average Bonchev–Trinajstić information content (AvgIpc) is 2.88. The number of carbonyl (C=O) groups excluding carboxylic acids is 2. The van der Waals surface area contributed by atoms with E-state index in [0.29, 0.717) is 27.8 Å². The average molecular weight is 591 g/mol. The Bertz CT molecular complexity index is 1410. The summed E-state index contributed by atoms with van der Waals surface area (Å²) < 4.78 is 28.7. The van der Waals surface area contributed by atoms with E-state index in [-0.39, 0.29) is 23.3 Å². The van der Waals surface area contributed by atoms with Crippen LogP contribution in [0.3, 0.4) is 0 Å². The van der Waals surface area contributed by atoms with Crippen molar-refractivity contribution in [2.45, 2.75) is 45.2 Å². The van der Waals surface area contributed by atoms with Crippen LogP contribution in [0, 0.1) is 12.8 Å². The predicted molar refractivity (Wildman–Crippen MR) is 156 cm³/mol. The lowest BCUT2D eigenvalue weighted by molar-refractivity contribution is -0.139. The zero-order valence-electron chi connectivity index (χ0n) is 22.4. The Hall–Kier alpha value is -3.07. The molecule has 0 bridgehead atoms. The fraction of sp³-hybridized carbons (Fsp3) is 0.310. The Labute approximate surface area is 240 Å². The van der Waals surface area contributed by atoms with Gasteiger partial charge in [-0.15, -0.1) is 0 Å². The summed E-state index contributed by atoms with van der Waals surface area (Å²) in [6.07, 6.45) is 0. The molecule has 0 saturated heterocycles. The minimum atomic E-state index is -4.16. The van der Waals surface area contributed by atoms with Crippen molar-refractivity contribution < 1.29 is 18.0 Å². The van der Waals surface area contributed by atoms with Gasteiger partial charge < -0.3 is 10.2 Å². The number of halogens is 2. The third-order valence-electron chi connectivity index (χ3n) is 6.06. The summed E-state index contributed by atoms with van der Waals surface area (Å²) in [6.45, 7) is 7.41. The number of hydrogen-bond acceptors (Lipinski definition) is 4. The van der Waals surface area contributed by atoms with E-state index in [1.807, 2.05) is 26.8 Å². The van der Waals surface area contributed by atoms with Crippen LogP contribution in [0.2, 0.25) is 10.0 Å². The molecule has 0 spiro atoms. The Balaban J connectivity index is 2.01. The summed E-state index contributed by atoms with van der Waals surface area (Å²) >= 11 is 12.2. The lowest BCUT2D eigenvalue weighted by Crippen LogP contribution is -2.51. The molecule has 39 heavy (non-hydrogen) atoms. The molecule has 0 saturated carbocycles. The second-order valence-electron chi connectivity index (χ2n) is 9.77. The molecule has 0 aliphatic heterocycles. The first-order chi connectivity index (χ1) is 18.4. The number of rotatable bonds is 11. The molecule has 1 N–H and O–H groups in total. The van der Waals surface area contributed by atoms with Gasteiger partial charge in [-0.25, -0.2) is 8.42 Å². The van der Waals surface area contributed by atoms with E-state index >= 15 is 0 Å². The summed E-state index contributed by atoms with van der Waals surface area (Å²) in [5.74, 6) is -0.650. The van der Waals surface area contributed by atoms with Gasteiger partial charge in [0.1, 0.15) is 12.6 Å². The monoisotopic (exact) mass is 589 g/mol. The summed E-state index contributed by atoms with van der Waals surface area (Å²) in [4.78, 5) is 28.3. The molecule has 208 valence electrons. The predicted octanol–water partition coefficient (Wildman–Crippen LogP) is 5.69. The number of hydrogen-bond donors (Lipinski definition) is 1. The molecule has 1 atom stereocenters. The second-order valence-corrected chi connectivity index (χ2v) is 12.5. The van der Waals surface area contributed by atoms with Crippen molar-refractivity contribution in [3.63, 3.8) is 0 Å². The van der Waals surface area contributed by atoms with E-state index in [9.17, 15) is 18.0 Å². The van der Waals surface area contributed by atoms with Crippen LogP contribution in [0.5, 0.6) is 0 Å². The molecule has 7 nitrogen and oxygen atoms in total. The van der Waals surface area contributed by atoms with Crippen LogP contribution in [0.25, 0.3) is 0 Å².